The second kappa shape index (κ2) is 7.51. The van der Waals surface area contributed by atoms with Crippen LogP contribution in [0.25, 0.3) is 11.4 Å². The molecule has 23 heavy (non-hydrogen) atoms. The molecule has 0 amide bonds. The van der Waals surface area contributed by atoms with Gasteiger partial charge in [0.05, 0.1) is 17.6 Å². The van der Waals surface area contributed by atoms with Gasteiger partial charge >= 0.3 is 0 Å². The van der Waals surface area contributed by atoms with E-state index in [1.54, 1.807) is 6.07 Å². The molecule has 122 valence electrons. The first-order valence-electron chi connectivity index (χ1n) is 8.35. The van der Waals surface area contributed by atoms with Crippen molar-refractivity contribution in [3.63, 3.8) is 0 Å². The van der Waals surface area contributed by atoms with Gasteiger partial charge < -0.3 is 11.1 Å². The van der Waals surface area contributed by atoms with Crippen LogP contribution in [0.4, 0.5) is 10.1 Å². The van der Waals surface area contributed by atoms with Crippen LogP contribution in [0.15, 0.2) is 30.5 Å². The summed E-state index contributed by atoms with van der Waals surface area (Å²) in [6.07, 6.45) is 7.88. The molecule has 0 spiro atoms. The molecule has 1 aliphatic rings. The van der Waals surface area contributed by atoms with Gasteiger partial charge in [0.15, 0.2) is 5.82 Å². The highest BCUT2D eigenvalue weighted by Crippen LogP contribution is 2.35. The van der Waals surface area contributed by atoms with Crippen molar-refractivity contribution in [2.24, 2.45) is 5.73 Å². The van der Waals surface area contributed by atoms with E-state index in [4.69, 9.17) is 10.7 Å². The van der Waals surface area contributed by atoms with E-state index < -0.39 is 0 Å². The molecule has 5 heteroatoms. The number of nitrogens with zero attached hydrogens (tertiary/aromatic N) is 2. The second-order valence-corrected chi connectivity index (χ2v) is 6.05. The molecule has 1 heterocycles. The minimum absolute atomic E-state index is 0.268. The maximum absolute atomic E-state index is 13.5. The molecule has 0 saturated heterocycles. The van der Waals surface area contributed by atoms with Crippen LogP contribution in [0, 0.1) is 5.82 Å². The predicted molar refractivity (Wildman–Crippen MR) is 90.8 cm³/mol. The number of nitrogens with one attached hydrogen (secondary N) is 1. The highest BCUT2D eigenvalue weighted by molar-refractivity contribution is 5.58. The van der Waals surface area contributed by atoms with E-state index in [0.717, 1.165) is 24.2 Å². The van der Waals surface area contributed by atoms with Gasteiger partial charge in [0, 0.05) is 24.6 Å². The number of anilines is 1. The van der Waals surface area contributed by atoms with E-state index in [1.807, 2.05) is 12.3 Å². The summed E-state index contributed by atoms with van der Waals surface area (Å²) in [5.41, 5.74) is 8.32. The van der Waals surface area contributed by atoms with Gasteiger partial charge in [-0.3, -0.25) is 0 Å². The van der Waals surface area contributed by atoms with Gasteiger partial charge in [-0.15, -0.1) is 0 Å². The number of aromatic nitrogens is 2. The molecule has 0 unspecified atom stereocenters. The molecule has 1 aromatic heterocycles. The maximum atomic E-state index is 13.5. The second-order valence-electron chi connectivity index (χ2n) is 6.05. The van der Waals surface area contributed by atoms with E-state index in [-0.39, 0.29) is 5.82 Å². The number of hydrogen-bond acceptors (Lipinski definition) is 4. The van der Waals surface area contributed by atoms with Crippen LogP contribution in [0.3, 0.4) is 0 Å². The van der Waals surface area contributed by atoms with Crippen molar-refractivity contribution in [2.75, 3.05) is 18.4 Å². The van der Waals surface area contributed by atoms with E-state index in [2.05, 4.69) is 10.3 Å². The zero-order valence-electron chi connectivity index (χ0n) is 13.3. The molecular weight excluding hydrogens is 291 g/mol. The fraction of sp³-hybridized carbons (Fsp3) is 0.444. The molecule has 0 aliphatic heterocycles. The summed E-state index contributed by atoms with van der Waals surface area (Å²) in [4.78, 5) is 9.20. The number of benzene rings is 1. The third-order valence-corrected chi connectivity index (χ3v) is 4.35. The Morgan fingerprint density at radius 2 is 2.04 bits per heavy atom. The SMILES string of the molecule is NCCNc1cnc(-c2cccc(F)c2)nc1C1CCCCC1. The lowest BCUT2D eigenvalue weighted by Crippen LogP contribution is -2.17. The molecule has 4 nitrogen and oxygen atoms in total. The fourth-order valence-electron chi connectivity index (χ4n) is 3.19. The van der Waals surface area contributed by atoms with Gasteiger partial charge in [-0.1, -0.05) is 31.4 Å². The Bertz CT molecular complexity index is 653. The third-order valence-electron chi connectivity index (χ3n) is 4.35. The molecule has 1 aliphatic carbocycles. The number of halogens is 1. The first-order valence-corrected chi connectivity index (χ1v) is 8.35. The lowest BCUT2D eigenvalue weighted by Gasteiger charge is -2.24. The van der Waals surface area contributed by atoms with Gasteiger partial charge in [-0.05, 0) is 25.0 Å². The lowest BCUT2D eigenvalue weighted by atomic mass is 9.86. The van der Waals surface area contributed by atoms with Crippen molar-refractivity contribution in [3.8, 4) is 11.4 Å². The Hall–Kier alpha value is -2.01. The molecular formula is C18H23FN4. The summed E-state index contributed by atoms with van der Waals surface area (Å²) in [5, 5.41) is 3.33. The first kappa shape index (κ1) is 15.9. The van der Waals surface area contributed by atoms with Crippen LogP contribution < -0.4 is 11.1 Å². The summed E-state index contributed by atoms with van der Waals surface area (Å²) in [5.74, 6) is 0.762. The zero-order valence-corrected chi connectivity index (χ0v) is 13.3. The quantitative estimate of drug-likeness (QED) is 0.883. The van der Waals surface area contributed by atoms with Gasteiger partial charge in [-0.25, -0.2) is 14.4 Å². The molecule has 3 N–H and O–H groups in total. The maximum Gasteiger partial charge on any atom is 0.159 e. The van der Waals surface area contributed by atoms with Crippen molar-refractivity contribution in [3.05, 3.63) is 42.0 Å². The van der Waals surface area contributed by atoms with Gasteiger partial charge in [0.25, 0.3) is 0 Å². The molecule has 3 rings (SSSR count). The normalized spacial score (nSPS) is 15.6. The predicted octanol–water partition coefficient (Wildman–Crippen LogP) is 3.70. The lowest BCUT2D eigenvalue weighted by molar-refractivity contribution is 0.437. The highest BCUT2D eigenvalue weighted by atomic mass is 19.1. The first-order chi connectivity index (χ1) is 11.3. The minimum atomic E-state index is -0.268. The van der Waals surface area contributed by atoms with Crippen LogP contribution in [0.2, 0.25) is 0 Å². The molecule has 2 aromatic rings. The summed E-state index contributed by atoms with van der Waals surface area (Å²) in [7, 11) is 0. The van der Waals surface area contributed by atoms with E-state index in [9.17, 15) is 4.39 Å². The largest absolute Gasteiger partial charge is 0.381 e. The van der Waals surface area contributed by atoms with E-state index in [0.29, 0.717) is 30.4 Å². The smallest absolute Gasteiger partial charge is 0.159 e. The Morgan fingerprint density at radius 3 is 2.78 bits per heavy atom. The summed E-state index contributed by atoms with van der Waals surface area (Å²) < 4.78 is 13.5. The Balaban J connectivity index is 1.96. The monoisotopic (exact) mass is 314 g/mol. The molecule has 0 atom stereocenters. The molecule has 0 bridgehead atoms. The van der Waals surface area contributed by atoms with Crippen molar-refractivity contribution in [2.45, 2.75) is 38.0 Å². The van der Waals surface area contributed by atoms with Crippen LogP contribution in [-0.2, 0) is 0 Å². The van der Waals surface area contributed by atoms with Crippen molar-refractivity contribution in [1.82, 2.24) is 9.97 Å². The number of nitrogens with two attached hydrogens (primary N) is 1. The number of hydrogen-bond donors (Lipinski definition) is 2. The zero-order chi connectivity index (χ0) is 16.1. The molecule has 1 aromatic carbocycles. The highest BCUT2D eigenvalue weighted by Gasteiger charge is 2.21. The number of rotatable bonds is 5. The minimum Gasteiger partial charge on any atom is -0.381 e. The van der Waals surface area contributed by atoms with Gasteiger partial charge in [0.1, 0.15) is 5.82 Å². The van der Waals surface area contributed by atoms with Crippen molar-refractivity contribution < 1.29 is 4.39 Å². The van der Waals surface area contributed by atoms with Crippen LogP contribution in [-0.4, -0.2) is 23.1 Å². The molecule has 1 fully saturated rings. The van der Waals surface area contributed by atoms with Crippen molar-refractivity contribution >= 4 is 5.69 Å². The molecule has 0 radical (unpaired) electrons. The fourth-order valence-corrected chi connectivity index (χ4v) is 3.19. The average molecular weight is 314 g/mol. The standard InChI is InChI=1S/C18H23FN4/c19-15-8-4-7-14(11-15)18-22-12-16(21-10-9-20)17(23-18)13-5-2-1-3-6-13/h4,7-8,11-13,21H,1-3,5-6,9-10,20H2. The topological polar surface area (TPSA) is 63.8 Å². The van der Waals surface area contributed by atoms with Crippen LogP contribution in [0.1, 0.15) is 43.7 Å². The van der Waals surface area contributed by atoms with E-state index in [1.165, 1.54) is 31.4 Å². The average Bonchev–Trinajstić information content (AvgIpc) is 2.60. The van der Waals surface area contributed by atoms with Crippen molar-refractivity contribution in [1.29, 1.82) is 0 Å². The Morgan fingerprint density at radius 1 is 1.22 bits per heavy atom. The summed E-state index contributed by atoms with van der Waals surface area (Å²) in [6, 6.07) is 6.45. The van der Waals surface area contributed by atoms with Crippen LogP contribution >= 0.6 is 0 Å². The van der Waals surface area contributed by atoms with Crippen LogP contribution in [0.5, 0.6) is 0 Å². The van der Waals surface area contributed by atoms with E-state index >= 15 is 0 Å². The van der Waals surface area contributed by atoms with Gasteiger partial charge in [-0.2, -0.15) is 0 Å². The summed E-state index contributed by atoms with van der Waals surface area (Å²) >= 11 is 0. The molecule has 1 saturated carbocycles. The third kappa shape index (κ3) is 3.85. The van der Waals surface area contributed by atoms with Gasteiger partial charge in [0.2, 0.25) is 0 Å². The summed E-state index contributed by atoms with van der Waals surface area (Å²) in [6.45, 7) is 1.26. The Labute approximate surface area is 136 Å². The Kier molecular flexibility index (Phi) is 5.18.